The van der Waals surface area contributed by atoms with Crippen LogP contribution in [0.5, 0.6) is 0 Å². The van der Waals surface area contributed by atoms with Gasteiger partial charge in [-0.3, -0.25) is 4.90 Å². The highest BCUT2D eigenvalue weighted by molar-refractivity contribution is 9.11. The Morgan fingerprint density at radius 3 is 2.67 bits per heavy atom. The summed E-state index contributed by atoms with van der Waals surface area (Å²) in [5.41, 5.74) is 5.57. The first-order chi connectivity index (χ1) is 6.99. The maximum Gasteiger partial charge on any atom is 0.0870 e. The molecule has 0 saturated carbocycles. The van der Waals surface area contributed by atoms with Crippen molar-refractivity contribution in [3.05, 3.63) is 20.8 Å². The predicted molar refractivity (Wildman–Crippen MR) is 74.4 cm³/mol. The standard InChI is InChI=1S/C10H15BrN2S2/c1-7(2)13(6-10(12)14)5-8-3-4-9(11)15-8/h3-4,7H,5-6H2,1-2H3,(H2,12,14). The van der Waals surface area contributed by atoms with Gasteiger partial charge in [-0.1, -0.05) is 12.2 Å². The highest BCUT2D eigenvalue weighted by atomic mass is 79.9. The van der Waals surface area contributed by atoms with Crippen molar-refractivity contribution >= 4 is 44.5 Å². The lowest BCUT2D eigenvalue weighted by Crippen LogP contribution is -2.36. The van der Waals surface area contributed by atoms with Gasteiger partial charge in [0.15, 0.2) is 0 Å². The second kappa shape index (κ2) is 5.94. The fourth-order valence-corrected chi connectivity index (χ4v) is 2.93. The van der Waals surface area contributed by atoms with E-state index in [0.717, 1.165) is 10.3 Å². The summed E-state index contributed by atoms with van der Waals surface area (Å²) in [6.45, 7) is 5.90. The number of nitrogens with zero attached hydrogens (tertiary/aromatic N) is 1. The van der Waals surface area contributed by atoms with Crippen LogP contribution in [0.4, 0.5) is 0 Å². The SMILES string of the molecule is CC(C)N(CC(N)=S)Cc1ccc(Br)s1. The van der Waals surface area contributed by atoms with Gasteiger partial charge in [-0.15, -0.1) is 11.3 Å². The van der Waals surface area contributed by atoms with Crippen LogP contribution in [0.15, 0.2) is 15.9 Å². The Morgan fingerprint density at radius 2 is 2.27 bits per heavy atom. The minimum atomic E-state index is 0.451. The van der Waals surface area contributed by atoms with Gasteiger partial charge >= 0.3 is 0 Å². The second-order valence-corrected chi connectivity index (χ2v) is 6.74. The molecule has 0 fully saturated rings. The van der Waals surface area contributed by atoms with Crippen LogP contribution in [-0.4, -0.2) is 22.5 Å². The van der Waals surface area contributed by atoms with Gasteiger partial charge in [-0.25, -0.2) is 0 Å². The fourth-order valence-electron chi connectivity index (χ4n) is 1.26. The molecule has 84 valence electrons. The quantitative estimate of drug-likeness (QED) is 0.848. The largest absolute Gasteiger partial charge is 0.392 e. The van der Waals surface area contributed by atoms with E-state index in [-0.39, 0.29) is 0 Å². The normalized spacial score (nSPS) is 11.3. The van der Waals surface area contributed by atoms with Crippen LogP contribution < -0.4 is 5.73 Å². The maximum absolute atomic E-state index is 5.57. The predicted octanol–water partition coefficient (Wildman–Crippen LogP) is 3.01. The highest BCUT2D eigenvalue weighted by Crippen LogP contribution is 2.23. The molecule has 0 aromatic carbocycles. The number of thiocarbonyl (C=S) groups is 1. The molecular weight excluding hydrogens is 292 g/mol. The van der Waals surface area contributed by atoms with E-state index in [1.54, 1.807) is 11.3 Å². The van der Waals surface area contributed by atoms with Crippen LogP contribution >= 0.6 is 39.5 Å². The topological polar surface area (TPSA) is 29.3 Å². The highest BCUT2D eigenvalue weighted by Gasteiger charge is 2.12. The molecule has 0 saturated heterocycles. The summed E-state index contributed by atoms with van der Waals surface area (Å²) in [4.78, 5) is 4.15. The molecule has 2 N–H and O–H groups in total. The molecule has 0 aliphatic rings. The number of halogens is 1. The van der Waals surface area contributed by atoms with Gasteiger partial charge in [0.05, 0.1) is 8.77 Å². The Kier molecular flexibility index (Phi) is 5.18. The van der Waals surface area contributed by atoms with Crippen molar-refractivity contribution in [1.29, 1.82) is 0 Å². The first kappa shape index (κ1) is 13.1. The van der Waals surface area contributed by atoms with Crippen molar-refractivity contribution in [2.24, 2.45) is 5.73 Å². The van der Waals surface area contributed by atoms with Crippen molar-refractivity contribution in [3.63, 3.8) is 0 Å². The van der Waals surface area contributed by atoms with Crippen LogP contribution in [0.2, 0.25) is 0 Å². The van der Waals surface area contributed by atoms with Gasteiger partial charge in [0.1, 0.15) is 0 Å². The van der Waals surface area contributed by atoms with Gasteiger partial charge < -0.3 is 5.73 Å². The zero-order valence-electron chi connectivity index (χ0n) is 8.87. The Labute approximate surface area is 109 Å². The van der Waals surface area contributed by atoms with Crippen molar-refractivity contribution in [3.8, 4) is 0 Å². The molecule has 0 bridgehead atoms. The Morgan fingerprint density at radius 1 is 1.60 bits per heavy atom. The number of thiophene rings is 1. The summed E-state index contributed by atoms with van der Waals surface area (Å²) in [6, 6.07) is 4.65. The van der Waals surface area contributed by atoms with Gasteiger partial charge in [-0.05, 0) is 41.9 Å². The molecule has 0 spiro atoms. The van der Waals surface area contributed by atoms with E-state index in [1.165, 1.54) is 4.88 Å². The Hall–Kier alpha value is 0.0300. The van der Waals surface area contributed by atoms with E-state index in [4.69, 9.17) is 18.0 Å². The molecule has 0 unspecified atom stereocenters. The van der Waals surface area contributed by atoms with Gasteiger partial charge in [0, 0.05) is 24.0 Å². The Balaban J connectivity index is 2.62. The van der Waals surface area contributed by atoms with Gasteiger partial charge in [0.25, 0.3) is 0 Å². The molecule has 0 amide bonds. The van der Waals surface area contributed by atoms with Crippen LogP contribution in [0.3, 0.4) is 0 Å². The van der Waals surface area contributed by atoms with Crippen molar-refractivity contribution in [1.82, 2.24) is 4.90 Å². The molecule has 1 aromatic rings. The first-order valence-electron chi connectivity index (χ1n) is 4.75. The van der Waals surface area contributed by atoms with Gasteiger partial charge in [-0.2, -0.15) is 0 Å². The number of hydrogen-bond donors (Lipinski definition) is 1. The molecule has 2 nitrogen and oxygen atoms in total. The average Bonchev–Trinajstić information content (AvgIpc) is 2.49. The van der Waals surface area contributed by atoms with E-state index >= 15 is 0 Å². The molecule has 1 rings (SSSR count). The second-order valence-electron chi connectivity index (χ2n) is 3.67. The summed E-state index contributed by atoms with van der Waals surface area (Å²) in [6.07, 6.45) is 0. The third-order valence-electron chi connectivity index (χ3n) is 2.08. The molecule has 0 aliphatic heterocycles. The van der Waals surface area contributed by atoms with E-state index in [1.807, 2.05) is 0 Å². The van der Waals surface area contributed by atoms with E-state index in [0.29, 0.717) is 17.6 Å². The van der Waals surface area contributed by atoms with Crippen molar-refractivity contribution in [2.45, 2.75) is 26.4 Å². The third-order valence-corrected chi connectivity index (χ3v) is 3.81. The minimum Gasteiger partial charge on any atom is -0.392 e. The smallest absolute Gasteiger partial charge is 0.0870 e. The summed E-state index contributed by atoms with van der Waals surface area (Å²) >= 11 is 10.2. The lowest BCUT2D eigenvalue weighted by Gasteiger charge is -2.25. The molecule has 0 radical (unpaired) electrons. The summed E-state index contributed by atoms with van der Waals surface area (Å²) < 4.78 is 1.16. The Bertz CT molecular complexity index is 336. The molecular formula is C10H15BrN2S2. The maximum atomic E-state index is 5.57. The molecule has 0 atom stereocenters. The zero-order valence-corrected chi connectivity index (χ0v) is 12.1. The zero-order chi connectivity index (χ0) is 11.4. The number of nitrogens with two attached hydrogens (primary N) is 1. The molecule has 5 heteroatoms. The summed E-state index contributed by atoms with van der Waals surface area (Å²) in [5.74, 6) is 0. The fraction of sp³-hybridized carbons (Fsp3) is 0.500. The van der Waals surface area contributed by atoms with Gasteiger partial charge in [0.2, 0.25) is 0 Å². The third kappa shape index (κ3) is 4.59. The molecule has 1 aromatic heterocycles. The van der Waals surface area contributed by atoms with Crippen LogP contribution in [0, 0.1) is 0 Å². The molecule has 0 aliphatic carbocycles. The van der Waals surface area contributed by atoms with Crippen LogP contribution in [0.1, 0.15) is 18.7 Å². The summed E-state index contributed by atoms with van der Waals surface area (Å²) in [5, 5.41) is 0. The van der Waals surface area contributed by atoms with Crippen LogP contribution in [-0.2, 0) is 6.54 Å². The average molecular weight is 307 g/mol. The van der Waals surface area contributed by atoms with Crippen molar-refractivity contribution in [2.75, 3.05) is 6.54 Å². The molecule has 1 heterocycles. The minimum absolute atomic E-state index is 0.451. The number of hydrogen-bond acceptors (Lipinski definition) is 3. The molecule has 15 heavy (non-hydrogen) atoms. The number of rotatable bonds is 5. The monoisotopic (exact) mass is 306 g/mol. The van der Waals surface area contributed by atoms with E-state index in [9.17, 15) is 0 Å². The lowest BCUT2D eigenvalue weighted by atomic mass is 10.3. The van der Waals surface area contributed by atoms with E-state index in [2.05, 4.69) is 46.8 Å². The first-order valence-corrected chi connectivity index (χ1v) is 6.77. The lowest BCUT2D eigenvalue weighted by molar-refractivity contribution is 0.247. The van der Waals surface area contributed by atoms with Crippen LogP contribution in [0.25, 0.3) is 0 Å². The van der Waals surface area contributed by atoms with E-state index < -0.39 is 0 Å². The van der Waals surface area contributed by atoms with Crippen molar-refractivity contribution < 1.29 is 0 Å². The summed E-state index contributed by atoms with van der Waals surface area (Å²) in [7, 11) is 0.